The molecule has 1 fully saturated rings. The third kappa shape index (κ3) is 3.38. The highest BCUT2D eigenvalue weighted by molar-refractivity contribution is 6.46. The predicted molar refractivity (Wildman–Crippen MR) is 95.7 cm³/mol. The molecule has 0 spiro atoms. The summed E-state index contributed by atoms with van der Waals surface area (Å²) in [4.78, 5) is 26.6. The Labute approximate surface area is 155 Å². The standard InChI is InChI=1S/C19H18ClNO5/c1-25-10-3-9-21-16(14-4-2-11-26-14)15(18(23)19(21)24)17(22)12-5-7-13(20)8-6-12/h2,4-8,11,16,22H,3,9-10H2,1H3/b17-15-. The van der Waals surface area contributed by atoms with Crippen molar-refractivity contribution < 1.29 is 23.8 Å². The Hall–Kier alpha value is -2.57. The van der Waals surface area contributed by atoms with Crippen molar-refractivity contribution in [3.05, 3.63) is 64.6 Å². The molecule has 0 saturated carbocycles. The van der Waals surface area contributed by atoms with Crippen LogP contribution >= 0.6 is 11.6 Å². The van der Waals surface area contributed by atoms with Crippen LogP contribution in [0, 0.1) is 0 Å². The van der Waals surface area contributed by atoms with Crippen LogP contribution in [0.4, 0.5) is 0 Å². The molecule has 7 heteroatoms. The van der Waals surface area contributed by atoms with Gasteiger partial charge in [0.1, 0.15) is 17.6 Å². The van der Waals surface area contributed by atoms with Crippen LogP contribution < -0.4 is 0 Å². The monoisotopic (exact) mass is 375 g/mol. The molecule has 1 atom stereocenters. The molecule has 0 bridgehead atoms. The highest BCUT2D eigenvalue weighted by Gasteiger charge is 2.47. The number of amides is 1. The summed E-state index contributed by atoms with van der Waals surface area (Å²) in [6, 6.07) is 8.96. The number of carbonyl (C=O) groups excluding carboxylic acids is 2. The molecule has 26 heavy (non-hydrogen) atoms. The molecule has 1 unspecified atom stereocenters. The number of furan rings is 1. The Morgan fingerprint density at radius 3 is 2.62 bits per heavy atom. The van der Waals surface area contributed by atoms with Gasteiger partial charge in [-0.3, -0.25) is 9.59 Å². The third-order valence-electron chi connectivity index (χ3n) is 4.22. The van der Waals surface area contributed by atoms with Gasteiger partial charge in [-0.25, -0.2) is 0 Å². The second kappa shape index (κ2) is 7.76. The number of methoxy groups -OCH3 is 1. The van der Waals surface area contributed by atoms with Crippen molar-refractivity contribution in [2.24, 2.45) is 0 Å². The van der Waals surface area contributed by atoms with Crippen LogP contribution in [-0.4, -0.2) is 42.0 Å². The van der Waals surface area contributed by atoms with Gasteiger partial charge in [0, 0.05) is 30.8 Å². The molecular formula is C19H18ClNO5. The Balaban J connectivity index is 2.06. The first-order valence-corrected chi connectivity index (χ1v) is 8.49. The third-order valence-corrected chi connectivity index (χ3v) is 4.47. The number of rotatable bonds is 6. The fourth-order valence-electron chi connectivity index (χ4n) is 3.00. The number of benzene rings is 1. The second-order valence-electron chi connectivity index (χ2n) is 5.86. The van der Waals surface area contributed by atoms with Gasteiger partial charge in [0.2, 0.25) is 0 Å². The van der Waals surface area contributed by atoms with Crippen molar-refractivity contribution in [3.8, 4) is 0 Å². The average molecular weight is 376 g/mol. The van der Waals surface area contributed by atoms with Crippen molar-refractivity contribution in [2.45, 2.75) is 12.5 Å². The normalized spacial score (nSPS) is 19.3. The minimum Gasteiger partial charge on any atom is -0.507 e. The number of Topliss-reactive ketones (excluding diaryl/α,β-unsaturated/α-hetero) is 1. The van der Waals surface area contributed by atoms with Gasteiger partial charge in [0.15, 0.2) is 0 Å². The summed E-state index contributed by atoms with van der Waals surface area (Å²) in [6.45, 7) is 0.756. The lowest BCUT2D eigenvalue weighted by Crippen LogP contribution is -2.31. The molecule has 3 rings (SSSR count). The highest BCUT2D eigenvalue weighted by Crippen LogP contribution is 2.39. The molecule has 2 heterocycles. The molecular weight excluding hydrogens is 358 g/mol. The van der Waals surface area contributed by atoms with Crippen molar-refractivity contribution in [1.82, 2.24) is 4.90 Å². The number of halogens is 1. The number of hydrogen-bond acceptors (Lipinski definition) is 5. The van der Waals surface area contributed by atoms with E-state index in [1.165, 1.54) is 11.2 Å². The van der Waals surface area contributed by atoms with Crippen LogP contribution in [0.15, 0.2) is 52.7 Å². The molecule has 1 aromatic heterocycles. The SMILES string of the molecule is COCCCN1C(=O)C(=O)/C(=C(\O)c2ccc(Cl)cc2)C1c1ccco1. The van der Waals surface area contributed by atoms with Gasteiger partial charge in [-0.1, -0.05) is 11.6 Å². The lowest BCUT2D eigenvalue weighted by molar-refractivity contribution is -0.140. The first-order valence-electron chi connectivity index (χ1n) is 8.11. The largest absolute Gasteiger partial charge is 0.507 e. The Morgan fingerprint density at radius 1 is 1.27 bits per heavy atom. The maximum Gasteiger partial charge on any atom is 0.295 e. The van der Waals surface area contributed by atoms with Crippen LogP contribution in [0.5, 0.6) is 0 Å². The summed E-state index contributed by atoms with van der Waals surface area (Å²) in [7, 11) is 1.57. The van der Waals surface area contributed by atoms with E-state index in [4.69, 9.17) is 20.8 Å². The van der Waals surface area contributed by atoms with Gasteiger partial charge in [-0.15, -0.1) is 0 Å². The molecule has 6 nitrogen and oxygen atoms in total. The quantitative estimate of drug-likeness (QED) is 0.362. The van der Waals surface area contributed by atoms with Crippen molar-refractivity contribution in [1.29, 1.82) is 0 Å². The van der Waals surface area contributed by atoms with Crippen molar-refractivity contribution in [2.75, 3.05) is 20.3 Å². The van der Waals surface area contributed by atoms with Gasteiger partial charge in [-0.2, -0.15) is 0 Å². The molecule has 1 amide bonds. The fraction of sp³-hybridized carbons (Fsp3) is 0.263. The molecule has 1 aliphatic heterocycles. The summed E-state index contributed by atoms with van der Waals surface area (Å²) >= 11 is 5.88. The van der Waals surface area contributed by atoms with Gasteiger partial charge in [0.25, 0.3) is 11.7 Å². The van der Waals surface area contributed by atoms with Gasteiger partial charge < -0.3 is 19.2 Å². The summed E-state index contributed by atoms with van der Waals surface area (Å²) < 4.78 is 10.5. The number of likely N-dealkylation sites (tertiary alicyclic amines) is 1. The first-order chi connectivity index (χ1) is 12.5. The lowest BCUT2D eigenvalue weighted by atomic mass is 9.99. The van der Waals surface area contributed by atoms with E-state index in [0.717, 1.165) is 0 Å². The predicted octanol–water partition coefficient (Wildman–Crippen LogP) is 3.39. The van der Waals surface area contributed by atoms with Crippen LogP contribution in [0.2, 0.25) is 5.02 Å². The Kier molecular flexibility index (Phi) is 5.44. The number of carbonyl (C=O) groups is 2. The van der Waals surface area contributed by atoms with Crippen molar-refractivity contribution in [3.63, 3.8) is 0 Å². The minimum absolute atomic E-state index is 0.00434. The van der Waals surface area contributed by atoms with Crippen molar-refractivity contribution >= 4 is 29.1 Å². The smallest absolute Gasteiger partial charge is 0.295 e. The zero-order chi connectivity index (χ0) is 18.7. The summed E-state index contributed by atoms with van der Waals surface area (Å²) in [5.41, 5.74) is 0.408. The Morgan fingerprint density at radius 2 is 2.00 bits per heavy atom. The molecule has 1 aromatic carbocycles. The van der Waals surface area contributed by atoms with Gasteiger partial charge in [-0.05, 0) is 42.8 Å². The van der Waals surface area contributed by atoms with E-state index in [9.17, 15) is 14.7 Å². The molecule has 0 radical (unpaired) electrons. The maximum absolute atomic E-state index is 12.6. The molecule has 2 aromatic rings. The van der Waals surface area contributed by atoms with Gasteiger partial charge >= 0.3 is 0 Å². The van der Waals surface area contributed by atoms with E-state index < -0.39 is 17.7 Å². The molecule has 136 valence electrons. The van der Waals surface area contributed by atoms with E-state index in [1.807, 2.05) is 0 Å². The van der Waals surface area contributed by atoms with Gasteiger partial charge in [0.05, 0.1) is 11.8 Å². The van der Waals surface area contributed by atoms with E-state index >= 15 is 0 Å². The molecule has 0 aliphatic carbocycles. The summed E-state index contributed by atoms with van der Waals surface area (Å²) in [6.07, 6.45) is 2.02. The fourth-order valence-corrected chi connectivity index (χ4v) is 3.12. The zero-order valence-corrected chi connectivity index (χ0v) is 14.9. The minimum atomic E-state index is -0.780. The summed E-state index contributed by atoms with van der Waals surface area (Å²) in [5, 5.41) is 11.2. The van der Waals surface area contributed by atoms with Crippen LogP contribution in [0.1, 0.15) is 23.8 Å². The Bertz CT molecular complexity index is 826. The maximum atomic E-state index is 12.6. The topological polar surface area (TPSA) is 80.0 Å². The van der Waals surface area contributed by atoms with E-state index in [-0.39, 0.29) is 11.3 Å². The van der Waals surface area contributed by atoms with Crippen LogP contribution in [0.25, 0.3) is 5.76 Å². The first kappa shape index (κ1) is 18.2. The molecule has 1 saturated heterocycles. The van der Waals surface area contributed by atoms with E-state index in [1.54, 1.807) is 43.5 Å². The molecule has 1 N–H and O–H groups in total. The van der Waals surface area contributed by atoms with Crippen LogP contribution in [-0.2, 0) is 14.3 Å². The lowest BCUT2D eigenvalue weighted by Gasteiger charge is -2.23. The molecule has 1 aliphatic rings. The van der Waals surface area contributed by atoms with E-state index in [0.29, 0.717) is 35.9 Å². The average Bonchev–Trinajstić information content (AvgIpc) is 3.24. The van der Waals surface area contributed by atoms with Crippen LogP contribution in [0.3, 0.4) is 0 Å². The number of nitrogens with zero attached hydrogens (tertiary/aromatic N) is 1. The summed E-state index contributed by atoms with van der Waals surface area (Å²) in [5.74, 6) is -1.25. The number of ether oxygens (including phenoxy) is 1. The number of aliphatic hydroxyl groups excluding tert-OH is 1. The number of hydrogen-bond donors (Lipinski definition) is 1. The highest BCUT2D eigenvalue weighted by atomic mass is 35.5. The number of ketones is 1. The van der Waals surface area contributed by atoms with E-state index in [2.05, 4.69) is 0 Å². The zero-order valence-electron chi connectivity index (χ0n) is 14.1. The number of aliphatic hydroxyl groups is 1. The second-order valence-corrected chi connectivity index (χ2v) is 6.30.